The number of hydrogen-bond donors (Lipinski definition) is 1. The third kappa shape index (κ3) is 3.03. The lowest BCUT2D eigenvalue weighted by Gasteiger charge is -2.40. The Morgan fingerprint density at radius 1 is 1.00 bits per heavy atom. The Morgan fingerprint density at radius 3 is 1.90 bits per heavy atom. The molecule has 0 bridgehead atoms. The summed E-state index contributed by atoms with van der Waals surface area (Å²) in [6.07, 6.45) is 0.854. The van der Waals surface area contributed by atoms with E-state index >= 15 is 0 Å². The van der Waals surface area contributed by atoms with Crippen molar-refractivity contribution in [3.8, 4) is 0 Å². The second-order valence-corrected chi connectivity index (χ2v) is 7.17. The highest BCUT2D eigenvalue weighted by molar-refractivity contribution is 5.33. The summed E-state index contributed by atoms with van der Waals surface area (Å²) >= 11 is 0. The summed E-state index contributed by atoms with van der Waals surface area (Å²) in [5, 5.41) is 0. The highest BCUT2D eigenvalue weighted by Crippen LogP contribution is 2.45. The van der Waals surface area contributed by atoms with Crippen LogP contribution < -0.4 is 5.73 Å². The summed E-state index contributed by atoms with van der Waals surface area (Å²) in [6, 6.07) is 8.38. The van der Waals surface area contributed by atoms with Crippen molar-refractivity contribution in [1.82, 2.24) is 0 Å². The maximum atomic E-state index is 13.4. The van der Waals surface area contributed by atoms with Crippen LogP contribution in [0.3, 0.4) is 0 Å². The van der Waals surface area contributed by atoms with Gasteiger partial charge in [0.1, 0.15) is 0 Å². The fourth-order valence-electron chi connectivity index (χ4n) is 3.03. The molecule has 1 aromatic rings. The predicted octanol–water partition coefficient (Wildman–Crippen LogP) is 4.39. The molecule has 20 heavy (non-hydrogen) atoms. The van der Waals surface area contributed by atoms with Crippen LogP contribution in [0.4, 0.5) is 8.78 Å². The Hall–Kier alpha value is -0.960. The largest absolute Gasteiger partial charge is 0.330 e. The molecule has 112 valence electrons. The summed E-state index contributed by atoms with van der Waals surface area (Å²) in [5.41, 5.74) is 8.15. The molecule has 0 spiro atoms. The van der Waals surface area contributed by atoms with E-state index in [1.807, 2.05) is 0 Å². The van der Waals surface area contributed by atoms with Gasteiger partial charge in [-0.25, -0.2) is 8.78 Å². The molecule has 2 rings (SSSR count). The first-order valence-electron chi connectivity index (χ1n) is 7.38. The van der Waals surface area contributed by atoms with E-state index < -0.39 is 5.92 Å². The van der Waals surface area contributed by atoms with Gasteiger partial charge in [-0.15, -0.1) is 0 Å². The fourth-order valence-corrected chi connectivity index (χ4v) is 3.03. The maximum absolute atomic E-state index is 13.4. The van der Waals surface area contributed by atoms with Crippen LogP contribution in [0.1, 0.15) is 57.6 Å². The van der Waals surface area contributed by atoms with E-state index in [1.54, 1.807) is 0 Å². The van der Waals surface area contributed by atoms with Crippen LogP contribution in [0.2, 0.25) is 0 Å². The van der Waals surface area contributed by atoms with Crippen LogP contribution in [0.25, 0.3) is 0 Å². The molecule has 0 aromatic heterocycles. The molecule has 1 saturated carbocycles. The maximum Gasteiger partial charge on any atom is 0.248 e. The van der Waals surface area contributed by atoms with Gasteiger partial charge >= 0.3 is 0 Å². The van der Waals surface area contributed by atoms with Crippen molar-refractivity contribution in [3.05, 3.63) is 35.4 Å². The monoisotopic (exact) mass is 281 g/mol. The van der Waals surface area contributed by atoms with Crippen molar-refractivity contribution >= 4 is 0 Å². The molecule has 1 nitrogen and oxygen atoms in total. The molecule has 1 fully saturated rings. The molecule has 1 aromatic carbocycles. The molecule has 1 aliphatic carbocycles. The van der Waals surface area contributed by atoms with Gasteiger partial charge in [-0.05, 0) is 29.4 Å². The standard InChI is InChI=1S/C17H25F2N/c1-15(2,3)13-4-6-14(7-5-13)16(12-20)8-10-17(18,19)11-9-16/h4-7H,8-12,20H2,1-3H3. The highest BCUT2D eigenvalue weighted by atomic mass is 19.3. The molecule has 0 amide bonds. The number of nitrogens with two attached hydrogens (primary N) is 1. The van der Waals surface area contributed by atoms with E-state index in [1.165, 1.54) is 5.56 Å². The van der Waals surface area contributed by atoms with Gasteiger partial charge in [-0.2, -0.15) is 0 Å². The first-order chi connectivity index (χ1) is 9.19. The minimum Gasteiger partial charge on any atom is -0.330 e. The first-order valence-corrected chi connectivity index (χ1v) is 7.38. The molecule has 3 heteroatoms. The van der Waals surface area contributed by atoms with Crippen LogP contribution in [-0.2, 0) is 10.8 Å². The van der Waals surface area contributed by atoms with Gasteiger partial charge in [0.15, 0.2) is 0 Å². The zero-order chi connectivity index (χ0) is 15.0. The van der Waals surface area contributed by atoms with Gasteiger partial charge < -0.3 is 5.73 Å². The second-order valence-electron chi connectivity index (χ2n) is 7.17. The summed E-state index contributed by atoms with van der Waals surface area (Å²) in [7, 11) is 0. The lowest BCUT2D eigenvalue weighted by molar-refractivity contribution is -0.0509. The van der Waals surface area contributed by atoms with Gasteiger partial charge in [-0.1, -0.05) is 45.0 Å². The molecule has 0 radical (unpaired) electrons. The molecular weight excluding hydrogens is 256 g/mol. The average molecular weight is 281 g/mol. The van der Waals surface area contributed by atoms with Crippen LogP contribution >= 0.6 is 0 Å². The number of benzene rings is 1. The van der Waals surface area contributed by atoms with Crippen LogP contribution in [0.5, 0.6) is 0 Å². The third-order valence-corrected chi connectivity index (χ3v) is 4.69. The van der Waals surface area contributed by atoms with Crippen molar-refractivity contribution in [3.63, 3.8) is 0 Å². The molecule has 0 aliphatic heterocycles. The highest BCUT2D eigenvalue weighted by Gasteiger charge is 2.43. The van der Waals surface area contributed by atoms with E-state index in [0.717, 1.165) is 5.56 Å². The third-order valence-electron chi connectivity index (χ3n) is 4.69. The Balaban J connectivity index is 2.25. The molecular formula is C17H25F2N. The fraction of sp³-hybridized carbons (Fsp3) is 0.647. The number of halogens is 2. The van der Waals surface area contributed by atoms with E-state index in [0.29, 0.717) is 19.4 Å². The van der Waals surface area contributed by atoms with E-state index in [4.69, 9.17) is 5.73 Å². The molecule has 0 heterocycles. The number of alkyl halides is 2. The molecule has 0 atom stereocenters. The summed E-state index contributed by atoms with van der Waals surface area (Å²) in [5.74, 6) is -2.51. The topological polar surface area (TPSA) is 26.0 Å². The minimum absolute atomic E-state index is 0.0504. The Labute approximate surface area is 120 Å². The zero-order valence-corrected chi connectivity index (χ0v) is 12.7. The minimum atomic E-state index is -2.51. The zero-order valence-electron chi connectivity index (χ0n) is 12.7. The van der Waals surface area contributed by atoms with E-state index in [2.05, 4.69) is 45.0 Å². The van der Waals surface area contributed by atoms with Crippen LogP contribution in [-0.4, -0.2) is 12.5 Å². The molecule has 2 N–H and O–H groups in total. The van der Waals surface area contributed by atoms with Crippen molar-refractivity contribution in [2.75, 3.05) is 6.54 Å². The predicted molar refractivity (Wildman–Crippen MR) is 79.3 cm³/mol. The average Bonchev–Trinajstić information content (AvgIpc) is 2.39. The summed E-state index contributed by atoms with van der Waals surface area (Å²) in [4.78, 5) is 0. The van der Waals surface area contributed by atoms with Gasteiger partial charge in [0.25, 0.3) is 0 Å². The van der Waals surface area contributed by atoms with Crippen molar-refractivity contribution < 1.29 is 8.78 Å². The quantitative estimate of drug-likeness (QED) is 0.855. The van der Waals surface area contributed by atoms with E-state index in [9.17, 15) is 8.78 Å². The van der Waals surface area contributed by atoms with Crippen LogP contribution in [0, 0.1) is 0 Å². The number of hydrogen-bond acceptors (Lipinski definition) is 1. The Morgan fingerprint density at radius 2 is 1.50 bits per heavy atom. The van der Waals surface area contributed by atoms with E-state index in [-0.39, 0.29) is 23.7 Å². The molecule has 0 saturated heterocycles. The van der Waals surface area contributed by atoms with Gasteiger partial charge in [0.2, 0.25) is 5.92 Å². The smallest absolute Gasteiger partial charge is 0.248 e. The lowest BCUT2D eigenvalue weighted by atomic mass is 9.68. The number of rotatable bonds is 2. The van der Waals surface area contributed by atoms with Crippen molar-refractivity contribution in [2.24, 2.45) is 5.73 Å². The summed E-state index contributed by atoms with van der Waals surface area (Å²) < 4.78 is 26.8. The van der Waals surface area contributed by atoms with Crippen molar-refractivity contribution in [2.45, 2.75) is 63.2 Å². The molecule has 0 unspecified atom stereocenters. The lowest BCUT2D eigenvalue weighted by Crippen LogP contribution is -2.42. The van der Waals surface area contributed by atoms with Gasteiger partial charge in [-0.3, -0.25) is 0 Å². The molecule has 1 aliphatic rings. The van der Waals surface area contributed by atoms with Gasteiger partial charge in [0, 0.05) is 24.8 Å². The van der Waals surface area contributed by atoms with Crippen molar-refractivity contribution in [1.29, 1.82) is 0 Å². The second kappa shape index (κ2) is 5.10. The normalized spacial score (nSPS) is 21.7. The van der Waals surface area contributed by atoms with Crippen LogP contribution in [0.15, 0.2) is 24.3 Å². The van der Waals surface area contributed by atoms with Gasteiger partial charge in [0.05, 0.1) is 0 Å². The SMILES string of the molecule is CC(C)(C)c1ccc(C2(CN)CCC(F)(F)CC2)cc1. The summed E-state index contributed by atoms with van der Waals surface area (Å²) in [6.45, 7) is 6.95. The Kier molecular flexibility index (Phi) is 3.94. The Bertz CT molecular complexity index is 447. The first kappa shape index (κ1) is 15.4.